The molecule has 1 aromatic rings. The number of amides is 1. The molecule has 0 unspecified atom stereocenters. The molecule has 0 radical (unpaired) electrons. The van der Waals surface area contributed by atoms with Gasteiger partial charge in [-0.2, -0.15) is 0 Å². The van der Waals surface area contributed by atoms with Crippen molar-refractivity contribution in [3.63, 3.8) is 0 Å². The van der Waals surface area contributed by atoms with Crippen LogP contribution in [-0.2, 0) is 21.1 Å². The summed E-state index contributed by atoms with van der Waals surface area (Å²) in [5, 5.41) is -0.354. The second kappa shape index (κ2) is 9.49. The van der Waals surface area contributed by atoms with Gasteiger partial charge in [0.25, 0.3) is 0 Å². The fourth-order valence-electron chi connectivity index (χ4n) is 3.39. The van der Waals surface area contributed by atoms with Crippen LogP contribution in [-0.4, -0.2) is 64.6 Å². The molecule has 7 nitrogen and oxygen atoms in total. The van der Waals surface area contributed by atoms with Crippen LogP contribution in [0.4, 0.5) is 0 Å². The maximum atomic E-state index is 12.7. The lowest BCUT2D eigenvalue weighted by Crippen LogP contribution is -2.41. The molecule has 158 valence electrons. The lowest BCUT2D eigenvalue weighted by molar-refractivity contribution is -0.131. The molecular formula is C20H31NO6S. The van der Waals surface area contributed by atoms with E-state index in [0.29, 0.717) is 43.2 Å². The highest BCUT2D eigenvalue weighted by atomic mass is 32.2. The second-order valence-electron chi connectivity index (χ2n) is 7.41. The Bertz CT molecular complexity index is 757. The van der Waals surface area contributed by atoms with Crippen LogP contribution in [0.3, 0.4) is 0 Å². The van der Waals surface area contributed by atoms with E-state index < -0.39 is 9.84 Å². The minimum absolute atomic E-state index is 0.0134. The molecule has 1 aliphatic heterocycles. The summed E-state index contributed by atoms with van der Waals surface area (Å²) in [6.45, 7) is 4.60. The molecular weight excluding hydrogens is 382 g/mol. The Morgan fingerprint density at radius 3 is 2.04 bits per heavy atom. The van der Waals surface area contributed by atoms with Crippen molar-refractivity contribution in [3.05, 3.63) is 17.7 Å². The summed E-state index contributed by atoms with van der Waals surface area (Å²) in [5.74, 6) is 1.87. The monoisotopic (exact) mass is 413 g/mol. The number of likely N-dealkylation sites (tertiary alicyclic amines) is 1. The van der Waals surface area contributed by atoms with Gasteiger partial charge < -0.3 is 19.1 Å². The van der Waals surface area contributed by atoms with Crippen LogP contribution in [0.15, 0.2) is 12.1 Å². The number of benzene rings is 1. The summed E-state index contributed by atoms with van der Waals surface area (Å²) >= 11 is 0. The van der Waals surface area contributed by atoms with Crippen molar-refractivity contribution in [2.45, 2.75) is 38.4 Å². The van der Waals surface area contributed by atoms with E-state index in [1.54, 1.807) is 40.2 Å². The van der Waals surface area contributed by atoms with Crippen molar-refractivity contribution in [2.75, 3.05) is 40.2 Å². The van der Waals surface area contributed by atoms with Gasteiger partial charge in [-0.25, -0.2) is 8.42 Å². The first kappa shape index (κ1) is 22.3. The third-order valence-electron chi connectivity index (χ3n) is 5.23. The number of carbonyl (C=O) groups is 1. The number of carbonyl (C=O) groups excluding carboxylic acids is 1. The van der Waals surface area contributed by atoms with Gasteiger partial charge in [0, 0.05) is 13.1 Å². The molecule has 1 aromatic carbocycles. The molecule has 0 aromatic heterocycles. The third kappa shape index (κ3) is 5.31. The van der Waals surface area contributed by atoms with Crippen LogP contribution in [0.25, 0.3) is 0 Å². The van der Waals surface area contributed by atoms with Gasteiger partial charge in [-0.1, -0.05) is 0 Å². The van der Waals surface area contributed by atoms with Crippen molar-refractivity contribution in [2.24, 2.45) is 5.92 Å². The Kier molecular flexibility index (Phi) is 7.57. The van der Waals surface area contributed by atoms with Gasteiger partial charge in [0.2, 0.25) is 11.7 Å². The summed E-state index contributed by atoms with van der Waals surface area (Å²) in [4.78, 5) is 14.5. The SMILES string of the molecule is COc1cc(CC(=O)N2CCC(CS(=O)(=O)C(C)C)CC2)cc(OC)c1OC. The molecule has 1 heterocycles. The molecule has 1 fully saturated rings. The second-order valence-corrected chi connectivity index (χ2v) is 10.0. The predicted molar refractivity (Wildman–Crippen MR) is 108 cm³/mol. The van der Waals surface area contributed by atoms with E-state index in [1.807, 2.05) is 4.90 Å². The normalized spacial score (nSPS) is 15.6. The molecule has 0 N–H and O–H groups in total. The highest BCUT2D eigenvalue weighted by Gasteiger charge is 2.28. The largest absolute Gasteiger partial charge is 0.493 e. The van der Waals surface area contributed by atoms with Crippen LogP contribution in [0.1, 0.15) is 32.3 Å². The number of nitrogens with zero attached hydrogens (tertiary/aromatic N) is 1. The molecule has 1 saturated heterocycles. The smallest absolute Gasteiger partial charge is 0.226 e. The average molecular weight is 414 g/mol. The van der Waals surface area contributed by atoms with Crippen LogP contribution < -0.4 is 14.2 Å². The Morgan fingerprint density at radius 2 is 1.61 bits per heavy atom. The molecule has 1 amide bonds. The Hall–Kier alpha value is -1.96. The molecule has 0 saturated carbocycles. The van der Waals surface area contributed by atoms with Crippen LogP contribution >= 0.6 is 0 Å². The number of hydrogen-bond acceptors (Lipinski definition) is 6. The van der Waals surface area contributed by atoms with E-state index in [4.69, 9.17) is 14.2 Å². The Morgan fingerprint density at radius 1 is 1.07 bits per heavy atom. The standard InChI is InChI=1S/C20H31NO6S/c1-14(2)28(23,24)13-15-6-8-21(9-7-15)19(22)12-16-10-17(25-3)20(27-5)18(11-16)26-4/h10-11,14-15H,6-9,12-13H2,1-5H3. The van der Waals surface area contributed by atoms with E-state index >= 15 is 0 Å². The zero-order valence-corrected chi connectivity index (χ0v) is 18.2. The highest BCUT2D eigenvalue weighted by molar-refractivity contribution is 7.91. The zero-order valence-electron chi connectivity index (χ0n) is 17.4. The summed E-state index contributed by atoms with van der Waals surface area (Å²) in [6.07, 6.45) is 1.66. The maximum absolute atomic E-state index is 12.7. The van der Waals surface area contributed by atoms with E-state index in [2.05, 4.69) is 0 Å². The number of piperidine rings is 1. The van der Waals surface area contributed by atoms with Gasteiger partial charge in [0.15, 0.2) is 21.3 Å². The van der Waals surface area contributed by atoms with Crippen molar-refractivity contribution in [1.29, 1.82) is 0 Å². The molecule has 8 heteroatoms. The molecule has 2 rings (SSSR count). The number of rotatable bonds is 8. The number of ether oxygens (including phenoxy) is 3. The van der Waals surface area contributed by atoms with Crippen molar-refractivity contribution >= 4 is 15.7 Å². The van der Waals surface area contributed by atoms with Gasteiger partial charge in [-0.3, -0.25) is 4.79 Å². The first-order valence-corrected chi connectivity index (χ1v) is 11.2. The number of methoxy groups -OCH3 is 3. The molecule has 0 bridgehead atoms. The number of sulfone groups is 1. The van der Waals surface area contributed by atoms with E-state index in [0.717, 1.165) is 5.56 Å². The maximum Gasteiger partial charge on any atom is 0.226 e. The number of hydrogen-bond donors (Lipinski definition) is 0. The van der Waals surface area contributed by atoms with Crippen molar-refractivity contribution in [1.82, 2.24) is 4.90 Å². The topological polar surface area (TPSA) is 82.1 Å². The van der Waals surface area contributed by atoms with E-state index in [1.165, 1.54) is 7.11 Å². The van der Waals surface area contributed by atoms with Crippen LogP contribution in [0.2, 0.25) is 0 Å². The van der Waals surface area contributed by atoms with Crippen LogP contribution in [0, 0.1) is 5.92 Å². The van der Waals surface area contributed by atoms with Crippen molar-refractivity contribution < 1.29 is 27.4 Å². The van der Waals surface area contributed by atoms with Crippen molar-refractivity contribution in [3.8, 4) is 17.2 Å². The molecule has 0 aliphatic carbocycles. The molecule has 0 spiro atoms. The van der Waals surface area contributed by atoms with Gasteiger partial charge >= 0.3 is 0 Å². The first-order valence-electron chi connectivity index (χ1n) is 9.50. The minimum atomic E-state index is -3.05. The van der Waals surface area contributed by atoms with Gasteiger partial charge in [0.1, 0.15) is 0 Å². The van der Waals surface area contributed by atoms with E-state index in [-0.39, 0.29) is 29.2 Å². The fourth-order valence-corrected chi connectivity index (χ4v) is 4.77. The third-order valence-corrected chi connectivity index (χ3v) is 7.61. The Labute approximate surface area is 167 Å². The summed E-state index contributed by atoms with van der Waals surface area (Å²) in [5.41, 5.74) is 0.781. The van der Waals surface area contributed by atoms with Gasteiger partial charge in [-0.15, -0.1) is 0 Å². The first-order chi connectivity index (χ1) is 13.2. The fraction of sp³-hybridized carbons (Fsp3) is 0.650. The van der Waals surface area contributed by atoms with Gasteiger partial charge in [-0.05, 0) is 50.3 Å². The predicted octanol–water partition coefficient (Wildman–Crippen LogP) is 2.32. The zero-order chi connectivity index (χ0) is 20.9. The highest BCUT2D eigenvalue weighted by Crippen LogP contribution is 2.38. The minimum Gasteiger partial charge on any atom is -0.493 e. The quantitative estimate of drug-likeness (QED) is 0.651. The summed E-state index contributed by atoms with van der Waals surface area (Å²) in [7, 11) is 1.57. The van der Waals surface area contributed by atoms with Gasteiger partial charge in [0.05, 0.1) is 38.8 Å². The lowest BCUT2D eigenvalue weighted by Gasteiger charge is -2.32. The Balaban J connectivity index is 2.00. The van der Waals surface area contributed by atoms with E-state index in [9.17, 15) is 13.2 Å². The average Bonchev–Trinajstić information content (AvgIpc) is 2.67. The summed E-state index contributed by atoms with van der Waals surface area (Å²) < 4.78 is 40.2. The molecule has 1 aliphatic rings. The molecule has 0 atom stereocenters. The van der Waals surface area contributed by atoms with Crippen LogP contribution in [0.5, 0.6) is 17.2 Å². The lowest BCUT2D eigenvalue weighted by atomic mass is 9.98. The molecule has 28 heavy (non-hydrogen) atoms. The summed E-state index contributed by atoms with van der Waals surface area (Å²) in [6, 6.07) is 3.56.